The molecule has 1 unspecified atom stereocenters. The molecule has 2 rings (SSSR count). The second kappa shape index (κ2) is 6.62. The van der Waals surface area contributed by atoms with Crippen LogP contribution in [0.5, 0.6) is 5.75 Å². The Morgan fingerprint density at radius 3 is 2.95 bits per heavy atom. The zero-order valence-electron chi connectivity index (χ0n) is 11.9. The molecule has 1 heterocycles. The number of furan rings is 1. The van der Waals surface area contributed by atoms with Crippen LogP contribution in [0.4, 0.5) is 0 Å². The van der Waals surface area contributed by atoms with Crippen molar-refractivity contribution in [2.75, 3.05) is 0 Å². The summed E-state index contributed by atoms with van der Waals surface area (Å²) in [7, 11) is 0. The van der Waals surface area contributed by atoms with Crippen molar-refractivity contribution < 1.29 is 13.9 Å². The number of ether oxygens (including phenoxy) is 1. The van der Waals surface area contributed by atoms with Crippen molar-refractivity contribution in [1.29, 1.82) is 5.26 Å². The fourth-order valence-electron chi connectivity index (χ4n) is 1.77. The van der Waals surface area contributed by atoms with Crippen LogP contribution in [0.2, 0.25) is 0 Å². The first-order valence-corrected chi connectivity index (χ1v) is 6.57. The molecule has 0 radical (unpaired) electrons. The summed E-state index contributed by atoms with van der Waals surface area (Å²) in [6, 6.07) is 10.7. The fourth-order valence-corrected chi connectivity index (χ4v) is 1.77. The summed E-state index contributed by atoms with van der Waals surface area (Å²) in [6.07, 6.45) is 0.894. The number of benzene rings is 1. The van der Waals surface area contributed by atoms with Gasteiger partial charge in [0.1, 0.15) is 11.5 Å². The molecule has 0 aliphatic rings. The summed E-state index contributed by atoms with van der Waals surface area (Å²) < 4.78 is 10.8. The average molecular weight is 284 g/mol. The molecule has 0 aliphatic heterocycles. The lowest BCUT2D eigenvalue weighted by Crippen LogP contribution is -2.35. The highest BCUT2D eigenvalue weighted by Crippen LogP contribution is 2.20. The van der Waals surface area contributed by atoms with Gasteiger partial charge in [0, 0.05) is 0 Å². The number of rotatable bonds is 5. The fraction of sp³-hybridized carbons (Fsp3) is 0.250. The van der Waals surface area contributed by atoms with Crippen LogP contribution >= 0.6 is 0 Å². The number of nitrogens with one attached hydrogen (secondary N) is 1. The van der Waals surface area contributed by atoms with E-state index in [1.54, 1.807) is 43.5 Å². The van der Waals surface area contributed by atoms with Gasteiger partial charge in [-0.3, -0.25) is 4.79 Å². The van der Waals surface area contributed by atoms with Crippen molar-refractivity contribution >= 4 is 5.91 Å². The molecule has 0 saturated carbocycles. The van der Waals surface area contributed by atoms with E-state index in [4.69, 9.17) is 14.4 Å². The Hall–Kier alpha value is -2.74. The molecule has 0 saturated heterocycles. The maximum atomic E-state index is 12.0. The van der Waals surface area contributed by atoms with E-state index < -0.39 is 6.10 Å². The molecule has 5 heteroatoms. The first kappa shape index (κ1) is 14.7. The Morgan fingerprint density at radius 2 is 2.29 bits per heavy atom. The van der Waals surface area contributed by atoms with Crippen LogP contribution in [0.25, 0.3) is 0 Å². The van der Waals surface area contributed by atoms with E-state index in [-0.39, 0.29) is 5.91 Å². The van der Waals surface area contributed by atoms with Gasteiger partial charge in [0.15, 0.2) is 6.10 Å². The lowest BCUT2D eigenvalue weighted by atomic mass is 10.1. The molecule has 1 atom stereocenters. The Morgan fingerprint density at radius 1 is 1.48 bits per heavy atom. The van der Waals surface area contributed by atoms with Crippen LogP contribution in [0.1, 0.15) is 23.8 Å². The van der Waals surface area contributed by atoms with Crippen molar-refractivity contribution in [3.05, 3.63) is 53.5 Å². The topological polar surface area (TPSA) is 75.3 Å². The van der Waals surface area contributed by atoms with Crippen molar-refractivity contribution in [1.82, 2.24) is 5.32 Å². The summed E-state index contributed by atoms with van der Waals surface area (Å²) in [5.74, 6) is 0.973. The van der Waals surface area contributed by atoms with E-state index in [1.807, 2.05) is 13.0 Å². The largest absolute Gasteiger partial charge is 0.481 e. The highest BCUT2D eigenvalue weighted by atomic mass is 16.5. The zero-order valence-corrected chi connectivity index (χ0v) is 11.9. The predicted molar refractivity (Wildman–Crippen MR) is 76.5 cm³/mol. The molecule has 1 N–H and O–H groups in total. The molecule has 0 aliphatic carbocycles. The van der Waals surface area contributed by atoms with Gasteiger partial charge in [-0.05, 0) is 43.7 Å². The summed E-state index contributed by atoms with van der Waals surface area (Å²) in [5, 5.41) is 11.6. The van der Waals surface area contributed by atoms with Crippen LogP contribution in [0, 0.1) is 18.3 Å². The molecule has 0 bridgehead atoms. The number of nitriles is 1. The molecule has 0 spiro atoms. The monoisotopic (exact) mass is 284 g/mol. The standard InChI is InChI=1S/C16H16N2O3/c1-11-5-6-13(9-17)8-15(11)21-12(2)16(19)18-10-14-4-3-7-20-14/h3-8,12H,10H2,1-2H3,(H,18,19). The van der Waals surface area contributed by atoms with Crippen LogP contribution < -0.4 is 10.1 Å². The number of carbonyl (C=O) groups is 1. The third-order valence-electron chi connectivity index (χ3n) is 3.01. The van der Waals surface area contributed by atoms with Gasteiger partial charge in [-0.1, -0.05) is 6.07 Å². The van der Waals surface area contributed by atoms with Crippen LogP contribution in [-0.4, -0.2) is 12.0 Å². The van der Waals surface area contributed by atoms with Gasteiger partial charge in [0.25, 0.3) is 5.91 Å². The molecular weight excluding hydrogens is 268 g/mol. The van der Waals surface area contributed by atoms with Gasteiger partial charge in [0.05, 0.1) is 24.4 Å². The van der Waals surface area contributed by atoms with Gasteiger partial charge in [-0.2, -0.15) is 5.26 Å². The number of aryl methyl sites for hydroxylation is 1. The van der Waals surface area contributed by atoms with E-state index in [2.05, 4.69) is 5.32 Å². The lowest BCUT2D eigenvalue weighted by molar-refractivity contribution is -0.127. The van der Waals surface area contributed by atoms with E-state index in [0.717, 1.165) is 5.56 Å². The first-order chi connectivity index (χ1) is 10.1. The van der Waals surface area contributed by atoms with Crippen LogP contribution in [0.15, 0.2) is 41.0 Å². The summed E-state index contributed by atoms with van der Waals surface area (Å²) >= 11 is 0. The Bertz CT molecular complexity index is 657. The Kier molecular flexibility index (Phi) is 4.62. The molecule has 1 amide bonds. The number of hydrogen-bond donors (Lipinski definition) is 1. The van der Waals surface area contributed by atoms with E-state index in [1.165, 1.54) is 0 Å². The molecule has 2 aromatic rings. The SMILES string of the molecule is Cc1ccc(C#N)cc1OC(C)C(=O)NCc1ccco1. The van der Waals surface area contributed by atoms with E-state index >= 15 is 0 Å². The normalized spacial score (nSPS) is 11.5. The second-order valence-corrected chi connectivity index (χ2v) is 4.65. The lowest BCUT2D eigenvalue weighted by Gasteiger charge is -2.16. The smallest absolute Gasteiger partial charge is 0.261 e. The second-order valence-electron chi connectivity index (χ2n) is 4.65. The zero-order chi connectivity index (χ0) is 15.2. The molecular formula is C16H16N2O3. The highest BCUT2D eigenvalue weighted by molar-refractivity contribution is 5.80. The van der Waals surface area contributed by atoms with Crippen molar-refractivity contribution in [2.24, 2.45) is 0 Å². The van der Waals surface area contributed by atoms with Gasteiger partial charge < -0.3 is 14.5 Å². The van der Waals surface area contributed by atoms with E-state index in [9.17, 15) is 4.79 Å². The quantitative estimate of drug-likeness (QED) is 0.915. The third kappa shape index (κ3) is 3.86. The average Bonchev–Trinajstić information content (AvgIpc) is 3.00. The minimum atomic E-state index is -0.660. The van der Waals surface area contributed by atoms with Gasteiger partial charge in [-0.15, -0.1) is 0 Å². The highest BCUT2D eigenvalue weighted by Gasteiger charge is 2.16. The number of hydrogen-bond acceptors (Lipinski definition) is 4. The van der Waals surface area contributed by atoms with Gasteiger partial charge in [-0.25, -0.2) is 0 Å². The third-order valence-corrected chi connectivity index (χ3v) is 3.01. The number of nitrogens with zero attached hydrogens (tertiary/aromatic N) is 1. The minimum absolute atomic E-state index is 0.242. The van der Waals surface area contributed by atoms with Gasteiger partial charge in [0.2, 0.25) is 0 Å². The van der Waals surface area contributed by atoms with E-state index in [0.29, 0.717) is 23.6 Å². The van der Waals surface area contributed by atoms with Crippen molar-refractivity contribution in [2.45, 2.75) is 26.5 Å². The number of carbonyl (C=O) groups excluding carboxylic acids is 1. The predicted octanol–water partition coefficient (Wildman–Crippen LogP) is 2.54. The summed E-state index contributed by atoms with van der Waals surface area (Å²) in [4.78, 5) is 12.0. The molecule has 5 nitrogen and oxygen atoms in total. The van der Waals surface area contributed by atoms with Gasteiger partial charge >= 0.3 is 0 Å². The Balaban J connectivity index is 1.95. The van der Waals surface area contributed by atoms with Crippen molar-refractivity contribution in [3.8, 4) is 11.8 Å². The van der Waals surface area contributed by atoms with Crippen LogP contribution in [0.3, 0.4) is 0 Å². The maximum absolute atomic E-state index is 12.0. The molecule has 1 aromatic carbocycles. The van der Waals surface area contributed by atoms with Crippen LogP contribution in [-0.2, 0) is 11.3 Å². The van der Waals surface area contributed by atoms with Crippen molar-refractivity contribution in [3.63, 3.8) is 0 Å². The Labute approximate surface area is 123 Å². The minimum Gasteiger partial charge on any atom is -0.481 e. The molecule has 108 valence electrons. The maximum Gasteiger partial charge on any atom is 0.261 e. The summed E-state index contributed by atoms with van der Waals surface area (Å²) in [6.45, 7) is 3.84. The summed E-state index contributed by atoms with van der Waals surface area (Å²) in [5.41, 5.74) is 1.37. The first-order valence-electron chi connectivity index (χ1n) is 6.57. The number of amides is 1. The molecule has 1 aromatic heterocycles. The molecule has 21 heavy (non-hydrogen) atoms. The molecule has 0 fully saturated rings.